The average molecular weight is 379 g/mol. The van der Waals surface area contributed by atoms with Gasteiger partial charge in [0.1, 0.15) is 17.2 Å². The summed E-state index contributed by atoms with van der Waals surface area (Å²) in [4.78, 5) is 12.8. The normalized spacial score (nSPS) is 19.5. The standard InChI is InChI=1S/C18H21BrNO3/c1-18(2,3)23-17(21)20-14-9-8-11(22-4)10-12(14)16-13(19)6-5-7-15(16)20/h5,7,11H,8-10H2,1-4H3/q+1. The van der Waals surface area contributed by atoms with Crippen LogP contribution in [-0.2, 0) is 22.3 Å². The third-order valence-corrected chi connectivity index (χ3v) is 4.76. The summed E-state index contributed by atoms with van der Waals surface area (Å²) in [5, 5.41) is 0. The maximum Gasteiger partial charge on any atom is 0.421 e. The number of aromatic nitrogens is 1. The minimum absolute atomic E-state index is 0.187. The van der Waals surface area contributed by atoms with E-state index in [1.807, 2.05) is 32.9 Å². The average Bonchev–Trinajstić information content (AvgIpc) is 2.80. The van der Waals surface area contributed by atoms with Crippen molar-refractivity contribution in [3.8, 4) is 0 Å². The van der Waals surface area contributed by atoms with E-state index >= 15 is 0 Å². The lowest BCUT2D eigenvalue weighted by Crippen LogP contribution is -2.30. The van der Waals surface area contributed by atoms with Crippen molar-refractivity contribution < 1.29 is 14.3 Å². The molecule has 122 valence electrons. The Morgan fingerprint density at radius 3 is 2.83 bits per heavy atom. The van der Waals surface area contributed by atoms with Crippen molar-refractivity contribution in [2.75, 3.05) is 7.11 Å². The predicted molar refractivity (Wildman–Crippen MR) is 93.5 cm³/mol. The first-order valence-electron chi connectivity index (χ1n) is 7.80. The van der Waals surface area contributed by atoms with E-state index in [2.05, 4.69) is 22.0 Å². The molecular weight excluding hydrogens is 358 g/mol. The maximum atomic E-state index is 12.8. The molecule has 0 N–H and O–H groups in total. The molecule has 1 atom stereocenters. The van der Waals surface area contributed by atoms with Crippen LogP contribution < -0.4 is 0 Å². The molecule has 2 aliphatic carbocycles. The van der Waals surface area contributed by atoms with Crippen molar-refractivity contribution in [3.05, 3.63) is 34.7 Å². The van der Waals surface area contributed by atoms with Crippen LogP contribution in [0.3, 0.4) is 0 Å². The van der Waals surface area contributed by atoms with E-state index in [0.717, 1.165) is 46.3 Å². The minimum Gasteiger partial charge on any atom is -0.443 e. The van der Waals surface area contributed by atoms with Crippen LogP contribution in [0.4, 0.5) is 4.79 Å². The Morgan fingerprint density at radius 2 is 2.17 bits per heavy atom. The first-order chi connectivity index (χ1) is 10.8. The lowest BCUT2D eigenvalue weighted by Gasteiger charge is -2.23. The number of methoxy groups -OCH3 is 1. The third kappa shape index (κ3) is 3.01. The highest BCUT2D eigenvalue weighted by Crippen LogP contribution is 2.40. The topological polar surface area (TPSA) is 40.5 Å². The molecule has 1 unspecified atom stereocenters. The third-order valence-electron chi connectivity index (χ3n) is 4.13. The Labute approximate surface area is 145 Å². The van der Waals surface area contributed by atoms with E-state index in [9.17, 15) is 4.79 Å². The van der Waals surface area contributed by atoms with Crippen LogP contribution in [-0.4, -0.2) is 29.5 Å². The van der Waals surface area contributed by atoms with Crippen LogP contribution in [0.25, 0.3) is 10.6 Å². The molecule has 0 aliphatic heterocycles. The van der Waals surface area contributed by atoms with Gasteiger partial charge < -0.3 is 9.47 Å². The van der Waals surface area contributed by atoms with Crippen molar-refractivity contribution in [2.24, 2.45) is 0 Å². The first kappa shape index (κ1) is 16.4. The van der Waals surface area contributed by atoms with Crippen LogP contribution in [0, 0.1) is 6.08 Å². The zero-order chi connectivity index (χ0) is 16.8. The molecule has 4 nitrogen and oxygen atoms in total. The van der Waals surface area contributed by atoms with Crippen molar-refractivity contribution in [1.29, 1.82) is 0 Å². The van der Waals surface area contributed by atoms with Gasteiger partial charge in [-0.15, -0.1) is 0 Å². The summed E-state index contributed by atoms with van der Waals surface area (Å²) in [5.74, 6) is 0. The fraction of sp³-hybridized carbons (Fsp3) is 0.500. The molecule has 0 aromatic carbocycles. The zero-order valence-electron chi connectivity index (χ0n) is 13.9. The lowest BCUT2D eigenvalue weighted by molar-refractivity contribution is 0.0523. The molecule has 0 amide bonds. The van der Waals surface area contributed by atoms with Gasteiger partial charge in [0.15, 0.2) is 10.2 Å². The Kier molecular flexibility index (Phi) is 4.21. The molecule has 23 heavy (non-hydrogen) atoms. The number of nitrogens with zero attached hydrogens (tertiary/aromatic N) is 1. The Balaban J connectivity index is 2.13. The fourth-order valence-corrected chi connectivity index (χ4v) is 3.76. The van der Waals surface area contributed by atoms with Crippen LogP contribution in [0.2, 0.25) is 0 Å². The van der Waals surface area contributed by atoms with E-state index in [0.29, 0.717) is 0 Å². The number of carbonyl (C=O) groups is 1. The number of carbonyl (C=O) groups excluding carboxylic acids is 1. The summed E-state index contributed by atoms with van der Waals surface area (Å²) < 4.78 is 13.8. The van der Waals surface area contributed by atoms with E-state index in [1.54, 1.807) is 11.7 Å². The summed E-state index contributed by atoms with van der Waals surface area (Å²) >= 11 is 3.58. The van der Waals surface area contributed by atoms with E-state index in [-0.39, 0.29) is 12.2 Å². The maximum absolute atomic E-state index is 12.8. The number of hydrogen-bond donors (Lipinski definition) is 0. The second kappa shape index (κ2) is 5.90. The highest BCUT2D eigenvalue weighted by Gasteiger charge is 2.38. The number of allylic oxidation sites excluding steroid dienone is 2. The van der Waals surface area contributed by atoms with Gasteiger partial charge in [-0.25, -0.2) is 9.36 Å². The van der Waals surface area contributed by atoms with Gasteiger partial charge in [-0.2, -0.15) is 0 Å². The van der Waals surface area contributed by atoms with Gasteiger partial charge >= 0.3 is 6.09 Å². The molecule has 1 aromatic heterocycles. The number of ether oxygens (including phenoxy) is 2. The molecule has 0 saturated heterocycles. The molecule has 0 saturated carbocycles. The first-order valence-corrected chi connectivity index (χ1v) is 8.59. The largest absolute Gasteiger partial charge is 0.443 e. The summed E-state index contributed by atoms with van der Waals surface area (Å²) in [5.41, 5.74) is 3.57. The molecule has 0 radical (unpaired) electrons. The molecular formula is C18H21BrNO3+. The number of rotatable bonds is 1. The van der Waals surface area contributed by atoms with Gasteiger partial charge in [0.05, 0.1) is 18.3 Å². The predicted octanol–water partition coefficient (Wildman–Crippen LogP) is 4.34. The van der Waals surface area contributed by atoms with E-state index in [1.165, 1.54) is 0 Å². The molecule has 3 rings (SSSR count). The fourth-order valence-electron chi connectivity index (χ4n) is 3.19. The molecule has 1 heterocycles. The molecule has 0 fully saturated rings. The van der Waals surface area contributed by atoms with Crippen molar-refractivity contribution in [3.63, 3.8) is 0 Å². The van der Waals surface area contributed by atoms with Gasteiger partial charge in [0, 0.05) is 24.8 Å². The second-order valence-electron chi connectivity index (χ2n) is 6.89. The number of fused-ring (bicyclic) bond motifs is 3. The molecule has 1 aromatic rings. The van der Waals surface area contributed by atoms with Gasteiger partial charge in [0.2, 0.25) is 0 Å². The molecule has 2 aliphatic rings. The number of halogens is 1. The lowest BCUT2D eigenvalue weighted by atomic mass is 9.91. The number of hydrogen-bond acceptors (Lipinski definition) is 3. The quantitative estimate of drug-likeness (QED) is 0.682. The zero-order valence-corrected chi connectivity index (χ0v) is 15.5. The summed E-state index contributed by atoms with van der Waals surface area (Å²) in [7, 11) is 1.74. The second-order valence-corrected chi connectivity index (χ2v) is 7.69. The molecule has 0 bridgehead atoms. The highest BCUT2D eigenvalue weighted by molar-refractivity contribution is 9.15. The van der Waals surface area contributed by atoms with Crippen LogP contribution in [0.15, 0.2) is 6.08 Å². The van der Waals surface area contributed by atoms with Gasteiger partial charge in [-0.3, -0.25) is 0 Å². The minimum atomic E-state index is -0.525. The van der Waals surface area contributed by atoms with E-state index < -0.39 is 5.60 Å². The van der Waals surface area contributed by atoms with Crippen molar-refractivity contribution in [2.45, 2.75) is 51.7 Å². The molecule has 5 heteroatoms. The van der Waals surface area contributed by atoms with Gasteiger partial charge in [-0.1, -0.05) is 0 Å². The summed E-state index contributed by atoms with van der Waals surface area (Å²) in [6.45, 7) is 5.65. The monoisotopic (exact) mass is 378 g/mol. The van der Waals surface area contributed by atoms with Crippen LogP contribution >= 0.6 is 15.9 Å². The summed E-state index contributed by atoms with van der Waals surface area (Å²) in [6.07, 6.45) is 9.29. The Bertz CT molecular complexity index is 707. The smallest absolute Gasteiger partial charge is 0.421 e. The summed E-state index contributed by atoms with van der Waals surface area (Å²) in [6, 6.07) is 0. The van der Waals surface area contributed by atoms with Crippen LogP contribution in [0.1, 0.15) is 49.7 Å². The van der Waals surface area contributed by atoms with Crippen molar-refractivity contribution in [1.82, 2.24) is 4.57 Å². The Morgan fingerprint density at radius 1 is 1.43 bits per heavy atom. The Hall–Kier alpha value is -1.42. The van der Waals surface area contributed by atoms with Crippen molar-refractivity contribution >= 4 is 32.6 Å². The van der Waals surface area contributed by atoms with Gasteiger partial charge in [0.25, 0.3) is 0 Å². The SMILES string of the molecule is COC1CCc2c(c3c(n2C(=O)OC(C)(C)C)C=C[C+]=C3Br)C1. The van der Waals surface area contributed by atoms with E-state index in [4.69, 9.17) is 9.47 Å². The van der Waals surface area contributed by atoms with Crippen LogP contribution in [0.5, 0.6) is 0 Å². The van der Waals surface area contributed by atoms with Gasteiger partial charge in [-0.05, 0) is 49.5 Å². The highest BCUT2D eigenvalue weighted by atomic mass is 79.9. The molecule has 0 spiro atoms.